The Labute approximate surface area is 92.8 Å². The summed E-state index contributed by atoms with van der Waals surface area (Å²) in [6.45, 7) is 2.00. The molecule has 1 atom stereocenters. The van der Waals surface area contributed by atoms with E-state index in [-0.39, 0.29) is 6.04 Å². The zero-order valence-electron chi connectivity index (χ0n) is 8.46. The highest BCUT2D eigenvalue weighted by Crippen LogP contribution is 2.26. The van der Waals surface area contributed by atoms with Crippen LogP contribution in [-0.4, -0.2) is 18.1 Å². The maximum Gasteiger partial charge on any atom is 0.141 e. The van der Waals surface area contributed by atoms with Gasteiger partial charge in [-0.15, -0.1) is 0 Å². The number of hydrogen-bond donors (Lipinski definition) is 1. The largest absolute Gasteiger partial charge is 0.495 e. The summed E-state index contributed by atoms with van der Waals surface area (Å²) in [4.78, 5) is 4.04. The molecule has 0 saturated heterocycles. The van der Waals surface area contributed by atoms with Gasteiger partial charge in [-0.2, -0.15) is 0 Å². The predicted octanol–water partition coefficient (Wildman–Crippen LogP) is 2.13. The summed E-state index contributed by atoms with van der Waals surface area (Å²) in [5, 5.41) is 0. The maximum absolute atomic E-state index is 5.71. The lowest BCUT2D eigenvalue weighted by molar-refractivity contribution is 0.406. The first-order chi connectivity index (χ1) is 6.65. The van der Waals surface area contributed by atoms with E-state index in [9.17, 15) is 0 Å². The molecule has 2 N–H and O–H groups in total. The van der Waals surface area contributed by atoms with Crippen LogP contribution >= 0.6 is 15.9 Å². The van der Waals surface area contributed by atoms with E-state index >= 15 is 0 Å². The van der Waals surface area contributed by atoms with Gasteiger partial charge in [0.25, 0.3) is 0 Å². The molecule has 14 heavy (non-hydrogen) atoms. The van der Waals surface area contributed by atoms with Crippen LogP contribution in [-0.2, 0) is 6.42 Å². The van der Waals surface area contributed by atoms with E-state index < -0.39 is 0 Å². The van der Waals surface area contributed by atoms with Crippen LogP contribution in [0.3, 0.4) is 0 Å². The highest BCUT2D eigenvalue weighted by Gasteiger charge is 2.08. The molecule has 78 valence electrons. The van der Waals surface area contributed by atoms with Gasteiger partial charge in [-0.25, -0.2) is 0 Å². The molecule has 0 fully saturated rings. The van der Waals surface area contributed by atoms with Crippen molar-refractivity contribution in [1.29, 1.82) is 0 Å². The monoisotopic (exact) mass is 258 g/mol. The molecule has 1 heterocycles. The van der Waals surface area contributed by atoms with Crippen LogP contribution < -0.4 is 10.5 Å². The minimum absolute atomic E-state index is 0.208. The lowest BCUT2D eigenvalue weighted by atomic mass is 10.1. The Morgan fingerprint density at radius 1 is 1.57 bits per heavy atom. The molecule has 0 amide bonds. The number of nitrogens with zero attached hydrogens (tertiary/aromatic N) is 1. The molecule has 0 unspecified atom stereocenters. The summed E-state index contributed by atoms with van der Waals surface area (Å²) in [6, 6.07) is 0.208. The van der Waals surface area contributed by atoms with Crippen molar-refractivity contribution in [3.05, 3.63) is 22.4 Å². The second kappa shape index (κ2) is 5.32. The summed E-state index contributed by atoms with van der Waals surface area (Å²) in [5.74, 6) is 0.819. The number of methoxy groups -OCH3 is 1. The number of hydrogen-bond acceptors (Lipinski definition) is 3. The summed E-state index contributed by atoms with van der Waals surface area (Å²) < 4.78 is 6.21. The second-order valence-electron chi connectivity index (χ2n) is 3.32. The Hall–Kier alpha value is -0.610. The van der Waals surface area contributed by atoms with E-state index in [2.05, 4.69) is 20.9 Å². The van der Waals surface area contributed by atoms with Crippen LogP contribution in [0.15, 0.2) is 16.9 Å². The fourth-order valence-corrected chi connectivity index (χ4v) is 1.75. The van der Waals surface area contributed by atoms with Crippen molar-refractivity contribution in [1.82, 2.24) is 4.98 Å². The van der Waals surface area contributed by atoms with Gasteiger partial charge in [0.2, 0.25) is 0 Å². The van der Waals surface area contributed by atoms with Crippen molar-refractivity contribution in [2.24, 2.45) is 5.73 Å². The van der Waals surface area contributed by atoms with Crippen molar-refractivity contribution >= 4 is 15.9 Å². The molecule has 0 aliphatic rings. The molecule has 1 aromatic rings. The Kier molecular flexibility index (Phi) is 4.35. The third-order valence-electron chi connectivity index (χ3n) is 2.03. The van der Waals surface area contributed by atoms with Crippen LogP contribution in [0, 0.1) is 0 Å². The van der Waals surface area contributed by atoms with Gasteiger partial charge in [0.1, 0.15) is 5.75 Å². The van der Waals surface area contributed by atoms with Crippen molar-refractivity contribution < 1.29 is 4.74 Å². The Bertz CT molecular complexity index is 302. The number of aromatic nitrogens is 1. The third-order valence-corrected chi connectivity index (χ3v) is 2.72. The van der Waals surface area contributed by atoms with E-state index in [1.54, 1.807) is 19.5 Å². The minimum Gasteiger partial charge on any atom is -0.495 e. The van der Waals surface area contributed by atoms with Gasteiger partial charge in [0.15, 0.2) is 0 Å². The molecule has 1 rings (SSSR count). The average Bonchev–Trinajstić information content (AvgIpc) is 2.15. The molecule has 0 bridgehead atoms. The van der Waals surface area contributed by atoms with Gasteiger partial charge in [0, 0.05) is 22.3 Å². The van der Waals surface area contributed by atoms with E-state index in [0.717, 1.165) is 28.6 Å². The quantitative estimate of drug-likeness (QED) is 0.901. The molecular weight excluding hydrogens is 244 g/mol. The standard InChI is InChI=1S/C10H15BrN2O/c1-7(12)3-4-8-9(11)5-13-6-10(8)14-2/h5-7H,3-4,12H2,1-2H3/t7-/m0/s1. The zero-order valence-corrected chi connectivity index (χ0v) is 10.0. The van der Waals surface area contributed by atoms with Gasteiger partial charge in [-0.3, -0.25) is 4.98 Å². The first kappa shape index (κ1) is 11.5. The van der Waals surface area contributed by atoms with Gasteiger partial charge < -0.3 is 10.5 Å². The van der Waals surface area contributed by atoms with E-state index in [4.69, 9.17) is 10.5 Å². The van der Waals surface area contributed by atoms with Gasteiger partial charge in [0.05, 0.1) is 13.3 Å². The SMILES string of the molecule is COc1cncc(Br)c1CC[C@H](C)N. The molecular formula is C10H15BrN2O. The first-order valence-corrected chi connectivity index (χ1v) is 5.36. The highest BCUT2D eigenvalue weighted by molar-refractivity contribution is 9.10. The molecule has 0 saturated carbocycles. The van der Waals surface area contributed by atoms with Crippen LogP contribution in [0.25, 0.3) is 0 Å². The molecule has 0 radical (unpaired) electrons. The Balaban J connectivity index is 2.82. The smallest absolute Gasteiger partial charge is 0.141 e. The zero-order chi connectivity index (χ0) is 10.6. The topological polar surface area (TPSA) is 48.1 Å². The van der Waals surface area contributed by atoms with E-state index in [1.807, 2.05) is 6.92 Å². The van der Waals surface area contributed by atoms with Crippen LogP contribution in [0.4, 0.5) is 0 Å². The third kappa shape index (κ3) is 2.96. The summed E-state index contributed by atoms with van der Waals surface area (Å²) >= 11 is 3.45. The van der Waals surface area contributed by atoms with Crippen LogP contribution in [0.5, 0.6) is 5.75 Å². The molecule has 0 aromatic carbocycles. The molecule has 4 heteroatoms. The normalized spacial score (nSPS) is 12.6. The predicted molar refractivity (Wildman–Crippen MR) is 60.5 cm³/mol. The van der Waals surface area contributed by atoms with Crippen molar-refractivity contribution in [3.8, 4) is 5.75 Å². The molecule has 0 aliphatic heterocycles. The minimum atomic E-state index is 0.208. The number of rotatable bonds is 4. The number of pyridine rings is 1. The van der Waals surface area contributed by atoms with Gasteiger partial charge >= 0.3 is 0 Å². The highest BCUT2D eigenvalue weighted by atomic mass is 79.9. The summed E-state index contributed by atoms with van der Waals surface area (Å²) in [5.41, 5.74) is 6.85. The van der Waals surface area contributed by atoms with Gasteiger partial charge in [-0.05, 0) is 35.7 Å². The Morgan fingerprint density at radius 2 is 2.29 bits per heavy atom. The van der Waals surface area contributed by atoms with Crippen molar-refractivity contribution in [2.75, 3.05) is 7.11 Å². The Morgan fingerprint density at radius 3 is 2.86 bits per heavy atom. The molecule has 3 nitrogen and oxygen atoms in total. The fourth-order valence-electron chi connectivity index (χ4n) is 1.23. The van der Waals surface area contributed by atoms with E-state index in [1.165, 1.54) is 0 Å². The van der Waals surface area contributed by atoms with E-state index in [0.29, 0.717) is 0 Å². The number of halogens is 1. The van der Waals surface area contributed by atoms with Crippen LogP contribution in [0.1, 0.15) is 18.9 Å². The summed E-state index contributed by atoms with van der Waals surface area (Å²) in [7, 11) is 1.65. The summed E-state index contributed by atoms with van der Waals surface area (Å²) in [6.07, 6.45) is 5.35. The van der Waals surface area contributed by atoms with Crippen molar-refractivity contribution in [3.63, 3.8) is 0 Å². The van der Waals surface area contributed by atoms with Crippen LogP contribution in [0.2, 0.25) is 0 Å². The lowest BCUT2D eigenvalue weighted by Crippen LogP contribution is -2.15. The maximum atomic E-state index is 5.71. The van der Waals surface area contributed by atoms with Crippen molar-refractivity contribution in [2.45, 2.75) is 25.8 Å². The lowest BCUT2D eigenvalue weighted by Gasteiger charge is -2.10. The first-order valence-electron chi connectivity index (χ1n) is 4.57. The molecule has 0 spiro atoms. The molecule has 0 aliphatic carbocycles. The average molecular weight is 259 g/mol. The fraction of sp³-hybridized carbons (Fsp3) is 0.500. The number of nitrogens with two attached hydrogens (primary N) is 1. The second-order valence-corrected chi connectivity index (χ2v) is 4.17. The molecule has 1 aromatic heterocycles. The van der Waals surface area contributed by atoms with Gasteiger partial charge in [-0.1, -0.05) is 0 Å². The number of ether oxygens (including phenoxy) is 1.